The van der Waals surface area contributed by atoms with Gasteiger partial charge in [-0.05, 0) is 33.6 Å². The van der Waals surface area contributed by atoms with E-state index in [4.69, 9.17) is 4.74 Å². The van der Waals surface area contributed by atoms with E-state index in [1.807, 2.05) is 6.08 Å². The summed E-state index contributed by atoms with van der Waals surface area (Å²) in [6.07, 6.45) is 9.31. The van der Waals surface area contributed by atoms with Crippen LogP contribution in [-0.4, -0.2) is 41.6 Å². The summed E-state index contributed by atoms with van der Waals surface area (Å²) in [5.74, 6) is -2.84. The number of carboxylic acid groups (broad SMARTS) is 1. The highest BCUT2D eigenvalue weighted by molar-refractivity contribution is 5.90. The lowest BCUT2D eigenvalue weighted by molar-refractivity contribution is -0.313. The molecule has 5 heteroatoms. The summed E-state index contributed by atoms with van der Waals surface area (Å²) in [5, 5.41) is 11.4. The first-order chi connectivity index (χ1) is 11.3. The van der Waals surface area contributed by atoms with Gasteiger partial charge in [0, 0.05) is 18.4 Å². The molecule has 1 spiro atoms. The third kappa shape index (κ3) is 2.81. The average molecular weight is 330 g/mol. The number of carbonyl (C=O) groups is 2. The van der Waals surface area contributed by atoms with Gasteiger partial charge in [-0.1, -0.05) is 35.5 Å². The van der Waals surface area contributed by atoms with Crippen LogP contribution in [0.2, 0.25) is 0 Å². The summed E-state index contributed by atoms with van der Waals surface area (Å²) < 4.78 is 5.83. The van der Waals surface area contributed by atoms with Gasteiger partial charge < -0.3 is 19.5 Å². The number of hydrogen-bond donors (Lipinski definition) is 0. The molecule has 3 aliphatic rings. The van der Waals surface area contributed by atoms with E-state index in [2.05, 4.69) is 32.9 Å². The molecule has 5 nitrogen and oxygen atoms in total. The SMILES string of the molecule is CC(C)=CCCC(C)=CCN1C[C@@]23C=C[C@@H](O2)[C@@H](C(=O)[O-])[C@@H]3C1=O. The molecule has 2 saturated heterocycles. The number of hydrogen-bond acceptors (Lipinski definition) is 4. The largest absolute Gasteiger partial charge is 0.550 e. The molecule has 0 radical (unpaired) electrons. The normalized spacial score (nSPS) is 34.0. The molecule has 0 aromatic rings. The Kier molecular flexibility index (Phi) is 4.38. The number of rotatable bonds is 6. The summed E-state index contributed by atoms with van der Waals surface area (Å²) >= 11 is 0. The molecule has 0 saturated carbocycles. The fraction of sp³-hybridized carbons (Fsp3) is 0.579. The van der Waals surface area contributed by atoms with Crippen LogP contribution < -0.4 is 5.11 Å². The molecule has 0 aliphatic carbocycles. The minimum absolute atomic E-state index is 0.135. The Morgan fingerprint density at radius 3 is 2.83 bits per heavy atom. The highest BCUT2D eigenvalue weighted by atomic mass is 16.5. The number of nitrogens with zero attached hydrogens (tertiary/aromatic N) is 1. The number of carboxylic acids is 1. The van der Waals surface area contributed by atoms with Gasteiger partial charge in [-0.3, -0.25) is 4.79 Å². The van der Waals surface area contributed by atoms with Crippen molar-refractivity contribution in [3.05, 3.63) is 35.5 Å². The lowest BCUT2D eigenvalue weighted by atomic mass is 9.77. The van der Waals surface area contributed by atoms with Crippen molar-refractivity contribution in [1.29, 1.82) is 0 Å². The zero-order valence-corrected chi connectivity index (χ0v) is 14.5. The van der Waals surface area contributed by atoms with Crippen molar-refractivity contribution < 1.29 is 19.4 Å². The summed E-state index contributed by atoms with van der Waals surface area (Å²) in [7, 11) is 0. The van der Waals surface area contributed by atoms with Crippen molar-refractivity contribution in [2.45, 2.75) is 45.3 Å². The van der Waals surface area contributed by atoms with E-state index in [0.717, 1.165) is 12.8 Å². The minimum Gasteiger partial charge on any atom is -0.550 e. The molecule has 3 heterocycles. The molecule has 3 aliphatic heterocycles. The van der Waals surface area contributed by atoms with Crippen molar-refractivity contribution >= 4 is 11.9 Å². The number of ether oxygens (including phenoxy) is 1. The van der Waals surface area contributed by atoms with Gasteiger partial charge in [0.05, 0.1) is 18.6 Å². The van der Waals surface area contributed by atoms with Crippen molar-refractivity contribution in [2.24, 2.45) is 11.8 Å². The van der Waals surface area contributed by atoms with Gasteiger partial charge in [0.1, 0.15) is 5.60 Å². The van der Waals surface area contributed by atoms with Crippen LogP contribution in [-0.2, 0) is 14.3 Å². The number of allylic oxidation sites excluding steroid dienone is 3. The van der Waals surface area contributed by atoms with Gasteiger partial charge in [-0.2, -0.15) is 0 Å². The number of carbonyl (C=O) groups excluding carboxylic acids is 2. The maximum absolute atomic E-state index is 12.7. The molecule has 0 aromatic heterocycles. The first-order valence-electron chi connectivity index (χ1n) is 8.50. The topological polar surface area (TPSA) is 69.7 Å². The number of aliphatic carboxylic acids is 1. The molecule has 2 fully saturated rings. The Hall–Kier alpha value is -1.88. The van der Waals surface area contributed by atoms with Crippen LogP contribution in [0.3, 0.4) is 0 Å². The maximum Gasteiger partial charge on any atom is 0.230 e. The second kappa shape index (κ2) is 6.20. The Labute approximate surface area is 142 Å². The van der Waals surface area contributed by atoms with Gasteiger partial charge in [0.2, 0.25) is 5.91 Å². The molecule has 3 rings (SSSR count). The molecule has 24 heavy (non-hydrogen) atoms. The quantitative estimate of drug-likeness (QED) is 0.687. The molecular weight excluding hydrogens is 306 g/mol. The fourth-order valence-corrected chi connectivity index (χ4v) is 3.96. The van der Waals surface area contributed by atoms with Crippen LogP contribution in [0, 0.1) is 11.8 Å². The van der Waals surface area contributed by atoms with Gasteiger partial charge >= 0.3 is 0 Å². The van der Waals surface area contributed by atoms with Crippen LogP contribution in [0.25, 0.3) is 0 Å². The predicted octanol–water partition coefficient (Wildman–Crippen LogP) is 1.21. The van der Waals surface area contributed by atoms with Gasteiger partial charge in [-0.15, -0.1) is 0 Å². The van der Waals surface area contributed by atoms with Crippen LogP contribution in [0.5, 0.6) is 0 Å². The standard InChI is InChI=1S/C19H25NO4/c1-12(2)5-4-6-13(3)8-10-20-11-19-9-7-14(24-19)15(18(22)23)16(19)17(20)21/h5,7-9,14-16H,4,6,10-11H2,1-3H3,(H,22,23)/p-1/t14-,15-,16-,19-/m1/s1. The van der Waals surface area contributed by atoms with E-state index < -0.39 is 29.5 Å². The zero-order valence-electron chi connectivity index (χ0n) is 14.5. The second-order valence-electron chi connectivity index (χ2n) is 7.31. The molecular formula is C19H24NO4-. The summed E-state index contributed by atoms with van der Waals surface area (Å²) in [5.41, 5.74) is 1.76. The van der Waals surface area contributed by atoms with Crippen LogP contribution >= 0.6 is 0 Å². The van der Waals surface area contributed by atoms with E-state index in [-0.39, 0.29) is 5.91 Å². The first kappa shape index (κ1) is 17.0. The predicted molar refractivity (Wildman–Crippen MR) is 87.7 cm³/mol. The molecule has 1 amide bonds. The Morgan fingerprint density at radius 1 is 1.42 bits per heavy atom. The Balaban J connectivity index is 1.66. The van der Waals surface area contributed by atoms with Crippen LogP contribution in [0.1, 0.15) is 33.6 Å². The lowest BCUT2D eigenvalue weighted by Crippen LogP contribution is -2.45. The fourth-order valence-electron chi connectivity index (χ4n) is 3.96. The third-order valence-electron chi connectivity index (χ3n) is 5.20. The Morgan fingerprint density at radius 2 is 2.17 bits per heavy atom. The summed E-state index contributed by atoms with van der Waals surface area (Å²) in [4.78, 5) is 25.8. The molecule has 0 unspecified atom stereocenters. The summed E-state index contributed by atoms with van der Waals surface area (Å²) in [6, 6.07) is 0. The maximum atomic E-state index is 12.7. The van der Waals surface area contributed by atoms with Crippen molar-refractivity contribution in [1.82, 2.24) is 4.90 Å². The summed E-state index contributed by atoms with van der Waals surface area (Å²) in [6.45, 7) is 7.14. The smallest absolute Gasteiger partial charge is 0.230 e. The van der Waals surface area contributed by atoms with Crippen molar-refractivity contribution in [2.75, 3.05) is 13.1 Å². The monoisotopic (exact) mass is 330 g/mol. The van der Waals surface area contributed by atoms with E-state index in [1.165, 1.54) is 11.1 Å². The highest BCUT2D eigenvalue weighted by Gasteiger charge is 2.65. The molecule has 2 bridgehead atoms. The average Bonchev–Trinajstić information content (AvgIpc) is 3.13. The van der Waals surface area contributed by atoms with Crippen molar-refractivity contribution in [3.63, 3.8) is 0 Å². The number of likely N-dealkylation sites (tertiary alicyclic amines) is 1. The first-order valence-corrected chi connectivity index (χ1v) is 8.50. The Bertz CT molecular complexity index is 644. The van der Waals surface area contributed by atoms with Gasteiger partial charge in [-0.25, -0.2) is 0 Å². The molecule has 4 atom stereocenters. The number of fused-ring (bicyclic) bond motifs is 1. The molecule has 0 aromatic carbocycles. The zero-order chi connectivity index (χ0) is 17.5. The van der Waals surface area contributed by atoms with Crippen LogP contribution in [0.15, 0.2) is 35.5 Å². The highest BCUT2D eigenvalue weighted by Crippen LogP contribution is 2.51. The number of amides is 1. The van der Waals surface area contributed by atoms with E-state index in [1.54, 1.807) is 11.0 Å². The van der Waals surface area contributed by atoms with E-state index >= 15 is 0 Å². The minimum atomic E-state index is -1.19. The molecule has 130 valence electrons. The van der Waals surface area contributed by atoms with Gasteiger partial charge in [0.15, 0.2) is 0 Å². The lowest BCUT2D eigenvalue weighted by Gasteiger charge is -2.24. The third-order valence-corrected chi connectivity index (χ3v) is 5.20. The van der Waals surface area contributed by atoms with Crippen molar-refractivity contribution in [3.8, 4) is 0 Å². The van der Waals surface area contributed by atoms with E-state index in [9.17, 15) is 14.7 Å². The van der Waals surface area contributed by atoms with Gasteiger partial charge in [0.25, 0.3) is 0 Å². The molecule has 0 N–H and O–H groups in total. The second-order valence-corrected chi connectivity index (χ2v) is 7.31. The van der Waals surface area contributed by atoms with Crippen LogP contribution in [0.4, 0.5) is 0 Å². The van der Waals surface area contributed by atoms with E-state index in [0.29, 0.717) is 13.1 Å².